The maximum absolute atomic E-state index is 12.1. The fourth-order valence-corrected chi connectivity index (χ4v) is 3.26. The van der Waals surface area contributed by atoms with Gasteiger partial charge in [0.05, 0.1) is 6.42 Å². The summed E-state index contributed by atoms with van der Waals surface area (Å²) in [6.07, 6.45) is 4.73. The molecular formula is C20H24BrN3O. The molecule has 5 heteroatoms. The third-order valence-corrected chi connectivity index (χ3v) is 5.21. The Balaban J connectivity index is 1.48. The number of nitrogens with zero attached hydrogens (tertiary/aromatic N) is 2. The molecule has 0 spiro atoms. The van der Waals surface area contributed by atoms with Gasteiger partial charge in [-0.15, -0.1) is 0 Å². The van der Waals surface area contributed by atoms with E-state index in [2.05, 4.69) is 50.2 Å². The lowest BCUT2D eigenvalue weighted by molar-refractivity contribution is -0.120. The molecule has 0 unspecified atom stereocenters. The lowest BCUT2D eigenvalue weighted by Crippen LogP contribution is -2.33. The van der Waals surface area contributed by atoms with Crippen molar-refractivity contribution in [1.29, 1.82) is 0 Å². The average molecular weight is 402 g/mol. The van der Waals surface area contributed by atoms with Gasteiger partial charge in [-0.25, -0.2) is 4.98 Å². The van der Waals surface area contributed by atoms with E-state index in [9.17, 15) is 4.79 Å². The summed E-state index contributed by atoms with van der Waals surface area (Å²) in [6.45, 7) is 4.99. The predicted octanol–water partition coefficient (Wildman–Crippen LogP) is 3.94. The molecule has 1 aromatic heterocycles. The molecule has 1 saturated heterocycles. The van der Waals surface area contributed by atoms with E-state index in [-0.39, 0.29) is 5.91 Å². The third-order valence-electron chi connectivity index (χ3n) is 4.68. The molecule has 0 aliphatic carbocycles. The minimum Gasteiger partial charge on any atom is -0.357 e. The molecule has 1 aromatic carbocycles. The SMILES string of the molecule is CC1CCN(c2ccc(CNC(=O)Cc3ccc(Br)cc3)cn2)CC1. The van der Waals surface area contributed by atoms with Gasteiger partial charge in [0, 0.05) is 30.3 Å². The molecule has 4 nitrogen and oxygen atoms in total. The van der Waals surface area contributed by atoms with Crippen molar-refractivity contribution >= 4 is 27.7 Å². The van der Waals surface area contributed by atoms with E-state index >= 15 is 0 Å². The van der Waals surface area contributed by atoms with Gasteiger partial charge in [-0.3, -0.25) is 4.79 Å². The van der Waals surface area contributed by atoms with E-state index in [4.69, 9.17) is 0 Å². The van der Waals surface area contributed by atoms with Crippen molar-refractivity contribution < 1.29 is 4.79 Å². The van der Waals surface area contributed by atoms with Crippen LogP contribution in [0.5, 0.6) is 0 Å². The summed E-state index contributed by atoms with van der Waals surface area (Å²) in [5.74, 6) is 1.88. The Kier molecular flexibility index (Phi) is 6.08. The lowest BCUT2D eigenvalue weighted by atomic mass is 9.99. The van der Waals surface area contributed by atoms with Crippen LogP contribution >= 0.6 is 15.9 Å². The van der Waals surface area contributed by atoms with E-state index in [0.717, 1.165) is 40.4 Å². The summed E-state index contributed by atoms with van der Waals surface area (Å²) in [6, 6.07) is 11.9. The Hall–Kier alpha value is -1.88. The van der Waals surface area contributed by atoms with Crippen molar-refractivity contribution in [2.75, 3.05) is 18.0 Å². The maximum atomic E-state index is 12.1. The molecule has 1 amide bonds. The Morgan fingerprint density at radius 1 is 1.16 bits per heavy atom. The van der Waals surface area contributed by atoms with Crippen molar-refractivity contribution in [3.63, 3.8) is 0 Å². The van der Waals surface area contributed by atoms with Gasteiger partial charge in [-0.05, 0) is 48.1 Å². The van der Waals surface area contributed by atoms with E-state index in [0.29, 0.717) is 13.0 Å². The first kappa shape index (κ1) is 17.9. The van der Waals surface area contributed by atoms with Crippen molar-refractivity contribution in [2.24, 2.45) is 5.92 Å². The van der Waals surface area contributed by atoms with Crippen LogP contribution in [0.3, 0.4) is 0 Å². The first-order chi connectivity index (χ1) is 12.1. The summed E-state index contributed by atoms with van der Waals surface area (Å²) in [5, 5.41) is 2.96. The first-order valence-corrected chi connectivity index (χ1v) is 9.60. The van der Waals surface area contributed by atoms with Crippen LogP contribution in [0.15, 0.2) is 47.1 Å². The zero-order chi connectivity index (χ0) is 17.6. The lowest BCUT2D eigenvalue weighted by Gasteiger charge is -2.31. The molecule has 1 N–H and O–H groups in total. The number of carbonyl (C=O) groups excluding carboxylic acids is 1. The molecule has 132 valence electrons. The zero-order valence-corrected chi connectivity index (χ0v) is 16.1. The monoisotopic (exact) mass is 401 g/mol. The molecule has 2 aromatic rings. The molecule has 2 heterocycles. The normalized spacial score (nSPS) is 15.2. The second kappa shape index (κ2) is 8.48. The van der Waals surface area contributed by atoms with E-state index in [1.165, 1.54) is 12.8 Å². The standard InChI is InChI=1S/C20H24BrN3O/c1-15-8-10-24(11-9-15)19-7-4-17(13-22-19)14-23-20(25)12-16-2-5-18(21)6-3-16/h2-7,13,15H,8-12,14H2,1H3,(H,23,25). The Morgan fingerprint density at radius 2 is 1.84 bits per heavy atom. The van der Waals surface area contributed by atoms with Gasteiger partial charge in [0.25, 0.3) is 0 Å². The number of benzene rings is 1. The number of amides is 1. The van der Waals surface area contributed by atoms with Crippen LogP contribution in [0.1, 0.15) is 30.9 Å². The Bertz CT molecular complexity index is 692. The number of carbonyl (C=O) groups is 1. The smallest absolute Gasteiger partial charge is 0.224 e. The van der Waals surface area contributed by atoms with E-state index < -0.39 is 0 Å². The number of piperidine rings is 1. The van der Waals surface area contributed by atoms with Crippen LogP contribution in [0, 0.1) is 5.92 Å². The Labute approximate surface area is 157 Å². The minimum absolute atomic E-state index is 0.0245. The number of hydrogen-bond donors (Lipinski definition) is 1. The quantitative estimate of drug-likeness (QED) is 0.824. The van der Waals surface area contributed by atoms with Crippen LogP contribution < -0.4 is 10.2 Å². The van der Waals surface area contributed by atoms with Crippen LogP contribution in [-0.4, -0.2) is 24.0 Å². The highest BCUT2D eigenvalue weighted by atomic mass is 79.9. The number of nitrogens with one attached hydrogen (secondary N) is 1. The summed E-state index contributed by atoms with van der Waals surface area (Å²) in [4.78, 5) is 19.0. The number of aromatic nitrogens is 1. The van der Waals surface area contributed by atoms with Crippen molar-refractivity contribution in [2.45, 2.75) is 32.7 Å². The van der Waals surface area contributed by atoms with Crippen LogP contribution in [0.2, 0.25) is 0 Å². The number of anilines is 1. The summed E-state index contributed by atoms with van der Waals surface area (Å²) in [5.41, 5.74) is 2.03. The highest BCUT2D eigenvalue weighted by molar-refractivity contribution is 9.10. The third kappa shape index (κ3) is 5.30. The molecule has 1 aliphatic rings. The molecule has 3 rings (SSSR count). The summed E-state index contributed by atoms with van der Waals surface area (Å²) < 4.78 is 1.02. The molecule has 0 saturated carbocycles. The van der Waals surface area contributed by atoms with Crippen molar-refractivity contribution in [3.8, 4) is 0 Å². The minimum atomic E-state index is 0.0245. The van der Waals surface area contributed by atoms with E-state index in [1.807, 2.05) is 30.5 Å². The van der Waals surface area contributed by atoms with Gasteiger partial charge < -0.3 is 10.2 Å². The average Bonchev–Trinajstić information content (AvgIpc) is 2.63. The molecule has 1 aliphatic heterocycles. The second-order valence-electron chi connectivity index (χ2n) is 6.77. The number of rotatable bonds is 5. The molecular weight excluding hydrogens is 378 g/mol. The Morgan fingerprint density at radius 3 is 2.48 bits per heavy atom. The fourth-order valence-electron chi connectivity index (χ4n) is 3.00. The largest absolute Gasteiger partial charge is 0.357 e. The maximum Gasteiger partial charge on any atom is 0.224 e. The van der Waals surface area contributed by atoms with Crippen molar-refractivity contribution in [3.05, 3.63) is 58.2 Å². The van der Waals surface area contributed by atoms with Gasteiger partial charge in [0.15, 0.2) is 0 Å². The van der Waals surface area contributed by atoms with Gasteiger partial charge >= 0.3 is 0 Å². The zero-order valence-electron chi connectivity index (χ0n) is 14.5. The van der Waals surface area contributed by atoms with Gasteiger partial charge in [0.1, 0.15) is 5.82 Å². The number of pyridine rings is 1. The molecule has 1 fully saturated rings. The highest BCUT2D eigenvalue weighted by Crippen LogP contribution is 2.21. The fraction of sp³-hybridized carbons (Fsp3) is 0.400. The van der Waals surface area contributed by atoms with Gasteiger partial charge in [-0.1, -0.05) is 41.1 Å². The van der Waals surface area contributed by atoms with E-state index in [1.54, 1.807) is 0 Å². The van der Waals surface area contributed by atoms with Crippen LogP contribution in [-0.2, 0) is 17.8 Å². The molecule has 0 radical (unpaired) electrons. The predicted molar refractivity (Wildman–Crippen MR) is 105 cm³/mol. The highest BCUT2D eigenvalue weighted by Gasteiger charge is 2.16. The molecule has 0 atom stereocenters. The second-order valence-corrected chi connectivity index (χ2v) is 7.69. The van der Waals surface area contributed by atoms with Crippen LogP contribution in [0.4, 0.5) is 5.82 Å². The summed E-state index contributed by atoms with van der Waals surface area (Å²) in [7, 11) is 0. The van der Waals surface area contributed by atoms with Crippen LogP contribution in [0.25, 0.3) is 0 Å². The topological polar surface area (TPSA) is 45.2 Å². The number of halogens is 1. The van der Waals surface area contributed by atoms with Crippen molar-refractivity contribution in [1.82, 2.24) is 10.3 Å². The molecule has 0 bridgehead atoms. The van der Waals surface area contributed by atoms with Gasteiger partial charge in [0.2, 0.25) is 5.91 Å². The van der Waals surface area contributed by atoms with Gasteiger partial charge in [-0.2, -0.15) is 0 Å². The molecule has 25 heavy (non-hydrogen) atoms. The first-order valence-electron chi connectivity index (χ1n) is 8.81. The summed E-state index contributed by atoms with van der Waals surface area (Å²) >= 11 is 3.40. The number of hydrogen-bond acceptors (Lipinski definition) is 3.